The maximum Gasteiger partial charge on any atom is 0.375 e. The van der Waals surface area contributed by atoms with Crippen molar-refractivity contribution in [2.75, 3.05) is 18.5 Å². The van der Waals surface area contributed by atoms with Gasteiger partial charge in [-0.15, -0.1) is 11.3 Å². The maximum absolute atomic E-state index is 12.4. The molecule has 0 fully saturated rings. The summed E-state index contributed by atoms with van der Waals surface area (Å²) in [6, 6.07) is 5.39. The SMILES string of the molecule is CCOC(=O)c1c(NC(=O)COC(=O)c2oc3ccc(Br)cc3c2C)sc(C)c1C. The van der Waals surface area contributed by atoms with Crippen molar-refractivity contribution in [2.24, 2.45) is 0 Å². The lowest BCUT2D eigenvalue weighted by Gasteiger charge is -2.07. The van der Waals surface area contributed by atoms with Crippen molar-refractivity contribution in [2.45, 2.75) is 27.7 Å². The van der Waals surface area contributed by atoms with E-state index in [4.69, 9.17) is 13.9 Å². The molecule has 7 nitrogen and oxygen atoms in total. The lowest BCUT2D eigenvalue weighted by molar-refractivity contribution is -0.119. The second kappa shape index (κ2) is 9.01. The van der Waals surface area contributed by atoms with Crippen LogP contribution in [0.4, 0.5) is 5.00 Å². The van der Waals surface area contributed by atoms with Gasteiger partial charge in [0.05, 0.1) is 12.2 Å². The number of aryl methyl sites for hydroxylation is 2. The van der Waals surface area contributed by atoms with Crippen molar-refractivity contribution in [1.29, 1.82) is 0 Å². The fraction of sp³-hybridized carbons (Fsp3) is 0.286. The first-order valence-electron chi connectivity index (χ1n) is 9.15. The maximum atomic E-state index is 12.4. The van der Waals surface area contributed by atoms with E-state index < -0.39 is 24.5 Å². The number of amides is 1. The van der Waals surface area contributed by atoms with Crippen molar-refractivity contribution in [1.82, 2.24) is 0 Å². The highest BCUT2D eigenvalue weighted by Crippen LogP contribution is 2.33. The van der Waals surface area contributed by atoms with Crippen molar-refractivity contribution in [3.8, 4) is 0 Å². The summed E-state index contributed by atoms with van der Waals surface area (Å²) in [5, 5.41) is 3.78. The molecular formula is C21H20BrNO6S. The Morgan fingerprint density at radius 2 is 1.83 bits per heavy atom. The van der Waals surface area contributed by atoms with Crippen LogP contribution in [0, 0.1) is 20.8 Å². The molecule has 0 radical (unpaired) electrons. The normalized spacial score (nSPS) is 10.8. The van der Waals surface area contributed by atoms with Crippen LogP contribution in [-0.2, 0) is 14.3 Å². The zero-order chi connectivity index (χ0) is 22.0. The Labute approximate surface area is 185 Å². The van der Waals surface area contributed by atoms with Crippen molar-refractivity contribution in [3.05, 3.63) is 50.0 Å². The first-order chi connectivity index (χ1) is 14.2. The number of benzene rings is 1. The zero-order valence-corrected chi connectivity index (χ0v) is 19.3. The Balaban J connectivity index is 1.70. The first-order valence-corrected chi connectivity index (χ1v) is 10.8. The molecule has 3 aromatic rings. The van der Waals surface area contributed by atoms with Crippen LogP contribution >= 0.6 is 27.3 Å². The van der Waals surface area contributed by atoms with Gasteiger partial charge in [0.2, 0.25) is 5.76 Å². The number of fused-ring (bicyclic) bond motifs is 1. The molecule has 30 heavy (non-hydrogen) atoms. The number of rotatable bonds is 6. The number of furan rings is 1. The lowest BCUT2D eigenvalue weighted by atomic mass is 10.1. The van der Waals surface area contributed by atoms with E-state index >= 15 is 0 Å². The number of thiophene rings is 1. The number of esters is 2. The highest BCUT2D eigenvalue weighted by atomic mass is 79.9. The third kappa shape index (κ3) is 4.41. The summed E-state index contributed by atoms with van der Waals surface area (Å²) < 4.78 is 16.6. The van der Waals surface area contributed by atoms with E-state index in [1.54, 1.807) is 32.9 Å². The van der Waals surface area contributed by atoms with Crippen LogP contribution in [0.2, 0.25) is 0 Å². The number of carbonyl (C=O) groups excluding carboxylic acids is 3. The molecule has 0 aliphatic rings. The molecule has 0 spiro atoms. The average Bonchev–Trinajstić information content (AvgIpc) is 3.16. The van der Waals surface area contributed by atoms with Crippen LogP contribution in [0.3, 0.4) is 0 Å². The minimum atomic E-state index is -0.737. The molecule has 1 aromatic carbocycles. The standard InChI is InChI=1S/C21H20BrNO6S/c1-5-27-20(25)17-10(2)12(4)30-19(17)23-16(24)9-28-21(26)18-11(3)14-8-13(22)6-7-15(14)29-18/h6-8H,5,9H2,1-4H3,(H,23,24). The summed E-state index contributed by atoms with van der Waals surface area (Å²) in [7, 11) is 0. The van der Waals surface area contributed by atoms with Gasteiger partial charge < -0.3 is 19.2 Å². The van der Waals surface area contributed by atoms with Crippen LogP contribution in [0.5, 0.6) is 0 Å². The highest BCUT2D eigenvalue weighted by Gasteiger charge is 2.24. The predicted octanol–water partition coefficient (Wildman–Crippen LogP) is 5.15. The van der Waals surface area contributed by atoms with Gasteiger partial charge in [-0.1, -0.05) is 15.9 Å². The molecule has 0 saturated carbocycles. The topological polar surface area (TPSA) is 94.8 Å². The number of nitrogens with one attached hydrogen (secondary N) is 1. The smallest absolute Gasteiger partial charge is 0.375 e. The molecule has 1 amide bonds. The quantitative estimate of drug-likeness (QED) is 0.476. The zero-order valence-electron chi connectivity index (χ0n) is 16.9. The van der Waals surface area contributed by atoms with Crippen LogP contribution in [-0.4, -0.2) is 31.1 Å². The van der Waals surface area contributed by atoms with Crippen LogP contribution < -0.4 is 5.32 Å². The summed E-state index contributed by atoms with van der Waals surface area (Å²) in [5.74, 6) is -1.76. The van der Waals surface area contributed by atoms with Gasteiger partial charge in [-0.3, -0.25) is 4.79 Å². The molecule has 9 heteroatoms. The van der Waals surface area contributed by atoms with Gasteiger partial charge in [0.15, 0.2) is 6.61 Å². The molecule has 0 saturated heterocycles. The van der Waals surface area contributed by atoms with Gasteiger partial charge in [0.1, 0.15) is 10.6 Å². The molecule has 2 heterocycles. The van der Waals surface area contributed by atoms with Crippen molar-refractivity contribution >= 4 is 61.1 Å². The van der Waals surface area contributed by atoms with E-state index in [1.807, 2.05) is 13.0 Å². The monoisotopic (exact) mass is 493 g/mol. The Hall–Kier alpha value is -2.65. The van der Waals surface area contributed by atoms with Gasteiger partial charge in [-0.05, 0) is 51.5 Å². The number of halogens is 1. The number of hydrogen-bond donors (Lipinski definition) is 1. The van der Waals surface area contributed by atoms with Gasteiger partial charge in [-0.25, -0.2) is 9.59 Å². The lowest BCUT2D eigenvalue weighted by Crippen LogP contribution is -2.22. The first kappa shape index (κ1) is 22.0. The second-order valence-electron chi connectivity index (χ2n) is 6.53. The fourth-order valence-corrected chi connectivity index (χ4v) is 4.34. The van der Waals surface area contributed by atoms with E-state index in [-0.39, 0.29) is 12.4 Å². The minimum Gasteiger partial charge on any atom is -0.462 e. The number of anilines is 1. The van der Waals surface area contributed by atoms with Gasteiger partial charge in [-0.2, -0.15) is 0 Å². The van der Waals surface area contributed by atoms with Crippen LogP contribution in [0.25, 0.3) is 11.0 Å². The summed E-state index contributed by atoms with van der Waals surface area (Å²) in [4.78, 5) is 37.8. The third-order valence-electron chi connectivity index (χ3n) is 4.54. The molecule has 2 aromatic heterocycles. The molecule has 0 unspecified atom stereocenters. The number of carbonyl (C=O) groups is 3. The van der Waals surface area contributed by atoms with Crippen molar-refractivity contribution in [3.63, 3.8) is 0 Å². The summed E-state index contributed by atoms with van der Waals surface area (Å²) >= 11 is 4.65. The summed E-state index contributed by atoms with van der Waals surface area (Å²) in [6.07, 6.45) is 0. The van der Waals surface area contributed by atoms with E-state index in [9.17, 15) is 14.4 Å². The Kier molecular flexibility index (Phi) is 6.62. The molecule has 0 atom stereocenters. The summed E-state index contributed by atoms with van der Waals surface area (Å²) in [5.41, 5.74) is 2.24. The number of ether oxygens (including phenoxy) is 2. The molecule has 0 aliphatic heterocycles. The third-order valence-corrected chi connectivity index (χ3v) is 6.15. The van der Waals surface area contributed by atoms with E-state index in [1.165, 1.54) is 11.3 Å². The average molecular weight is 494 g/mol. The molecule has 158 valence electrons. The largest absolute Gasteiger partial charge is 0.462 e. The Morgan fingerprint density at radius 3 is 2.53 bits per heavy atom. The molecule has 0 aliphatic carbocycles. The van der Waals surface area contributed by atoms with Crippen LogP contribution in [0.15, 0.2) is 27.1 Å². The van der Waals surface area contributed by atoms with Crippen LogP contribution in [0.1, 0.15) is 43.8 Å². The summed E-state index contributed by atoms with van der Waals surface area (Å²) in [6.45, 7) is 6.81. The second-order valence-corrected chi connectivity index (χ2v) is 8.67. The fourth-order valence-electron chi connectivity index (χ4n) is 2.91. The predicted molar refractivity (Wildman–Crippen MR) is 117 cm³/mol. The Bertz CT molecular complexity index is 1150. The molecular weight excluding hydrogens is 474 g/mol. The van der Waals surface area contributed by atoms with Crippen molar-refractivity contribution < 1.29 is 28.3 Å². The molecule has 1 N–H and O–H groups in total. The molecule has 3 rings (SSSR count). The van der Waals surface area contributed by atoms with Gasteiger partial charge >= 0.3 is 11.9 Å². The Morgan fingerprint density at radius 1 is 1.10 bits per heavy atom. The highest BCUT2D eigenvalue weighted by molar-refractivity contribution is 9.10. The van der Waals surface area contributed by atoms with E-state index in [0.29, 0.717) is 21.7 Å². The molecule has 0 bridgehead atoms. The minimum absolute atomic E-state index is 0.0472. The van der Waals surface area contributed by atoms with E-state index in [2.05, 4.69) is 21.2 Å². The number of hydrogen-bond acceptors (Lipinski definition) is 7. The van der Waals surface area contributed by atoms with Gasteiger partial charge in [0, 0.05) is 20.3 Å². The van der Waals surface area contributed by atoms with E-state index in [0.717, 1.165) is 20.3 Å². The van der Waals surface area contributed by atoms with Gasteiger partial charge in [0.25, 0.3) is 5.91 Å².